The van der Waals surface area contributed by atoms with Gasteiger partial charge in [-0.15, -0.1) is 0 Å². The number of nitrogens with zero attached hydrogens (tertiary/aromatic N) is 4. The molecule has 162 valence electrons. The summed E-state index contributed by atoms with van der Waals surface area (Å²) in [6, 6.07) is 8.24. The van der Waals surface area contributed by atoms with Gasteiger partial charge in [0, 0.05) is 73.6 Å². The lowest BCUT2D eigenvalue weighted by Crippen LogP contribution is -2.47. The van der Waals surface area contributed by atoms with Gasteiger partial charge in [-0.05, 0) is 38.1 Å². The van der Waals surface area contributed by atoms with Crippen LogP contribution in [-0.2, 0) is 0 Å². The van der Waals surface area contributed by atoms with Gasteiger partial charge in [0.1, 0.15) is 5.75 Å². The topological polar surface area (TPSA) is 73.5 Å². The van der Waals surface area contributed by atoms with E-state index in [4.69, 9.17) is 9.84 Å². The molecular weight excluding hydrogens is 392 g/mol. The molecule has 1 saturated heterocycles. The van der Waals surface area contributed by atoms with Crippen LogP contribution in [0.5, 0.6) is 5.75 Å². The molecule has 1 atom stereocenters. The summed E-state index contributed by atoms with van der Waals surface area (Å²) in [4.78, 5) is 9.12. The predicted molar refractivity (Wildman–Crippen MR) is 121 cm³/mol. The standard InChI is InChI=1S/C24H28N4O3/c1-16-14-28-15-19(12-22(28)17(2)25-16)21-11-18-3-4-20(13-23(18)31-24(21)30)27-7-5-26(6-8-27)9-10-29/h3-4,11-15,24,29-30H,5-10H2,1-2H3. The third-order valence-corrected chi connectivity index (χ3v) is 6.19. The number of aliphatic hydroxyl groups is 2. The lowest BCUT2D eigenvalue weighted by molar-refractivity contribution is 0.0320. The monoisotopic (exact) mass is 420 g/mol. The molecule has 31 heavy (non-hydrogen) atoms. The lowest BCUT2D eigenvalue weighted by Gasteiger charge is -2.36. The van der Waals surface area contributed by atoms with E-state index in [0.717, 1.165) is 72.0 Å². The van der Waals surface area contributed by atoms with Gasteiger partial charge in [0.05, 0.1) is 23.5 Å². The van der Waals surface area contributed by atoms with Gasteiger partial charge in [-0.25, -0.2) is 0 Å². The van der Waals surface area contributed by atoms with Crippen molar-refractivity contribution in [1.82, 2.24) is 14.3 Å². The lowest BCUT2D eigenvalue weighted by atomic mass is 10.0. The van der Waals surface area contributed by atoms with Crippen molar-refractivity contribution in [1.29, 1.82) is 0 Å². The van der Waals surface area contributed by atoms with Gasteiger partial charge in [-0.1, -0.05) is 0 Å². The van der Waals surface area contributed by atoms with Crippen molar-refractivity contribution in [2.75, 3.05) is 44.2 Å². The maximum atomic E-state index is 10.8. The smallest absolute Gasteiger partial charge is 0.224 e. The summed E-state index contributed by atoms with van der Waals surface area (Å²) >= 11 is 0. The summed E-state index contributed by atoms with van der Waals surface area (Å²) in [5, 5.41) is 19.9. The average Bonchev–Trinajstić information content (AvgIpc) is 3.18. The Morgan fingerprint density at radius 3 is 2.68 bits per heavy atom. The van der Waals surface area contributed by atoms with Crippen LogP contribution in [0.4, 0.5) is 5.69 Å². The molecule has 2 aliphatic heterocycles. The number of aryl methyl sites for hydroxylation is 2. The molecule has 0 aliphatic carbocycles. The number of piperazine rings is 1. The predicted octanol–water partition coefficient (Wildman–Crippen LogP) is 2.32. The summed E-state index contributed by atoms with van der Waals surface area (Å²) in [6.07, 6.45) is 5.00. The van der Waals surface area contributed by atoms with Crippen LogP contribution < -0.4 is 9.64 Å². The zero-order valence-corrected chi connectivity index (χ0v) is 18.0. The van der Waals surface area contributed by atoms with Crippen LogP contribution in [0.15, 0.2) is 36.7 Å². The quantitative estimate of drug-likeness (QED) is 0.675. The molecule has 2 aromatic heterocycles. The summed E-state index contributed by atoms with van der Waals surface area (Å²) in [6.45, 7) is 8.58. The molecule has 3 aromatic rings. The summed E-state index contributed by atoms with van der Waals surface area (Å²) in [7, 11) is 0. The number of ether oxygens (including phenoxy) is 1. The molecule has 2 aliphatic rings. The summed E-state index contributed by atoms with van der Waals surface area (Å²) in [5.41, 5.74) is 6.67. The molecule has 0 bridgehead atoms. The van der Waals surface area contributed by atoms with Gasteiger partial charge in [0.25, 0.3) is 0 Å². The number of aromatic nitrogens is 2. The Labute approximate surface area is 181 Å². The molecule has 7 heteroatoms. The van der Waals surface area contributed by atoms with Crippen molar-refractivity contribution in [2.24, 2.45) is 0 Å². The Hall–Kier alpha value is -2.87. The highest BCUT2D eigenvalue weighted by atomic mass is 16.6. The van der Waals surface area contributed by atoms with Crippen molar-refractivity contribution < 1.29 is 14.9 Å². The Bertz CT molecular complexity index is 1150. The fraction of sp³-hybridized carbons (Fsp3) is 0.375. The molecule has 2 N–H and O–H groups in total. The molecule has 1 aromatic carbocycles. The van der Waals surface area contributed by atoms with Crippen LogP contribution in [0.2, 0.25) is 0 Å². The third-order valence-electron chi connectivity index (χ3n) is 6.19. The molecule has 5 rings (SSSR count). The van der Waals surface area contributed by atoms with Crippen molar-refractivity contribution in [2.45, 2.75) is 20.1 Å². The summed E-state index contributed by atoms with van der Waals surface area (Å²) in [5.74, 6) is 0.698. The van der Waals surface area contributed by atoms with Crippen molar-refractivity contribution in [3.8, 4) is 5.75 Å². The number of hydrogen-bond donors (Lipinski definition) is 2. The number of aliphatic hydroxyl groups excluding tert-OH is 2. The van der Waals surface area contributed by atoms with Crippen molar-refractivity contribution in [3.05, 3.63) is 59.2 Å². The fourth-order valence-electron chi connectivity index (χ4n) is 4.55. The fourth-order valence-corrected chi connectivity index (χ4v) is 4.55. The van der Waals surface area contributed by atoms with Gasteiger partial charge in [-0.2, -0.15) is 0 Å². The van der Waals surface area contributed by atoms with Gasteiger partial charge < -0.3 is 24.3 Å². The van der Waals surface area contributed by atoms with Gasteiger partial charge in [0.15, 0.2) is 0 Å². The number of hydrogen-bond acceptors (Lipinski definition) is 6. The van der Waals surface area contributed by atoms with E-state index in [0.29, 0.717) is 5.75 Å². The summed E-state index contributed by atoms with van der Waals surface area (Å²) < 4.78 is 7.98. The Balaban J connectivity index is 1.41. The second-order valence-corrected chi connectivity index (χ2v) is 8.33. The SMILES string of the molecule is Cc1cn2cc(C3=Cc4ccc(N5CCN(CCO)CC5)cc4OC3O)cc2c(C)n1. The molecule has 7 nitrogen and oxygen atoms in total. The minimum Gasteiger partial charge on any atom is -0.460 e. The third kappa shape index (κ3) is 3.80. The maximum Gasteiger partial charge on any atom is 0.224 e. The molecule has 0 saturated carbocycles. The highest BCUT2D eigenvalue weighted by Gasteiger charge is 2.25. The average molecular weight is 421 g/mol. The number of anilines is 1. The van der Waals surface area contributed by atoms with Gasteiger partial charge in [-0.3, -0.25) is 9.88 Å². The van der Waals surface area contributed by atoms with E-state index < -0.39 is 6.29 Å². The molecular formula is C24H28N4O3. The van der Waals surface area contributed by atoms with Crippen molar-refractivity contribution in [3.63, 3.8) is 0 Å². The first-order valence-electron chi connectivity index (χ1n) is 10.8. The van der Waals surface area contributed by atoms with E-state index in [2.05, 4.69) is 31.3 Å². The molecule has 0 spiro atoms. The van der Waals surface area contributed by atoms with E-state index in [1.807, 2.05) is 44.4 Å². The second kappa shape index (κ2) is 8.00. The van der Waals surface area contributed by atoms with Crippen LogP contribution >= 0.6 is 0 Å². The van der Waals surface area contributed by atoms with Gasteiger partial charge >= 0.3 is 0 Å². The van der Waals surface area contributed by atoms with E-state index >= 15 is 0 Å². The number of rotatable bonds is 4. The second-order valence-electron chi connectivity index (χ2n) is 8.33. The van der Waals surface area contributed by atoms with E-state index in [1.165, 1.54) is 0 Å². The Kier molecular flexibility index (Phi) is 5.17. The minimum absolute atomic E-state index is 0.201. The molecule has 1 unspecified atom stereocenters. The van der Waals surface area contributed by atoms with E-state index in [9.17, 15) is 5.11 Å². The van der Waals surface area contributed by atoms with Crippen molar-refractivity contribution >= 4 is 22.9 Å². The zero-order valence-electron chi connectivity index (χ0n) is 18.0. The maximum absolute atomic E-state index is 10.8. The largest absolute Gasteiger partial charge is 0.460 e. The minimum atomic E-state index is -1.02. The first-order valence-corrected chi connectivity index (χ1v) is 10.8. The Morgan fingerprint density at radius 2 is 1.90 bits per heavy atom. The molecule has 0 radical (unpaired) electrons. The van der Waals surface area contributed by atoms with E-state index in [-0.39, 0.29) is 6.61 Å². The van der Waals surface area contributed by atoms with Gasteiger partial charge in [0.2, 0.25) is 6.29 Å². The molecule has 4 heterocycles. The first-order chi connectivity index (χ1) is 15.0. The highest BCUT2D eigenvalue weighted by molar-refractivity contribution is 5.88. The van der Waals surface area contributed by atoms with Crippen LogP contribution in [0, 0.1) is 13.8 Å². The number of β-amino-alcohol motifs (C(OH)–C–C–N with tert-alkyl or cyclic N) is 1. The van der Waals surface area contributed by atoms with Crippen LogP contribution in [0.25, 0.3) is 17.2 Å². The normalized spacial score (nSPS) is 19.3. The number of fused-ring (bicyclic) bond motifs is 2. The van der Waals surface area contributed by atoms with Crippen LogP contribution in [0.1, 0.15) is 22.5 Å². The first kappa shape index (κ1) is 20.1. The Morgan fingerprint density at radius 1 is 1.10 bits per heavy atom. The molecule has 1 fully saturated rings. The van der Waals surface area contributed by atoms with Crippen LogP contribution in [-0.4, -0.2) is 70.1 Å². The zero-order chi connectivity index (χ0) is 21.5. The highest BCUT2D eigenvalue weighted by Crippen LogP contribution is 2.37. The molecule has 0 amide bonds. The van der Waals surface area contributed by atoms with Crippen LogP contribution in [0.3, 0.4) is 0 Å². The van der Waals surface area contributed by atoms with E-state index in [1.54, 1.807) is 0 Å². The number of benzene rings is 1.